The summed E-state index contributed by atoms with van der Waals surface area (Å²) in [5.41, 5.74) is -0.389. The molecule has 2 aliphatic rings. The summed E-state index contributed by atoms with van der Waals surface area (Å²) in [6.45, 7) is -0.405. The van der Waals surface area contributed by atoms with Gasteiger partial charge in [0.25, 0.3) is 0 Å². The third-order valence-electron chi connectivity index (χ3n) is 3.10. The van der Waals surface area contributed by atoms with E-state index in [2.05, 4.69) is 5.32 Å². The SMILES string of the molecule is OC[C@@H](O)[C@@H]1NC2(CC2)[C@@H](O)[C@H]1O. The van der Waals surface area contributed by atoms with E-state index in [1.54, 1.807) is 0 Å². The first-order valence-corrected chi connectivity index (χ1v) is 4.53. The number of aliphatic hydroxyl groups is 4. The van der Waals surface area contributed by atoms with Gasteiger partial charge in [0.05, 0.1) is 31.0 Å². The summed E-state index contributed by atoms with van der Waals surface area (Å²) in [6, 6.07) is -0.609. The molecule has 1 spiro atoms. The number of nitrogens with one attached hydrogen (secondary N) is 1. The maximum atomic E-state index is 9.60. The lowest BCUT2D eigenvalue weighted by atomic mass is 10.0. The maximum absolute atomic E-state index is 9.60. The van der Waals surface area contributed by atoms with Gasteiger partial charge in [0, 0.05) is 5.54 Å². The van der Waals surface area contributed by atoms with Crippen LogP contribution < -0.4 is 5.32 Å². The van der Waals surface area contributed by atoms with E-state index in [1.807, 2.05) is 0 Å². The molecule has 13 heavy (non-hydrogen) atoms. The van der Waals surface area contributed by atoms with E-state index >= 15 is 0 Å². The van der Waals surface area contributed by atoms with Gasteiger partial charge in [0.1, 0.15) is 0 Å². The summed E-state index contributed by atoms with van der Waals surface area (Å²) < 4.78 is 0. The molecule has 0 radical (unpaired) electrons. The average Bonchev–Trinajstić information content (AvgIpc) is 2.87. The normalized spacial score (nSPS) is 43.8. The van der Waals surface area contributed by atoms with Crippen molar-refractivity contribution >= 4 is 0 Å². The molecule has 5 nitrogen and oxygen atoms in total. The molecule has 0 aromatic heterocycles. The van der Waals surface area contributed by atoms with Gasteiger partial charge in [0.2, 0.25) is 0 Å². The van der Waals surface area contributed by atoms with Gasteiger partial charge in [-0.25, -0.2) is 0 Å². The standard InChI is InChI=1S/C8H15NO4/c10-3-4(11)5-6(12)7(13)8(9-5)1-2-8/h4-7,9-13H,1-3H2/t4-,5+,6+,7+/m1/s1. The first-order valence-electron chi connectivity index (χ1n) is 4.53. The molecule has 4 atom stereocenters. The number of hydrogen-bond acceptors (Lipinski definition) is 5. The minimum Gasteiger partial charge on any atom is -0.394 e. The van der Waals surface area contributed by atoms with E-state index < -0.39 is 31.0 Å². The van der Waals surface area contributed by atoms with Crippen LogP contribution in [0.2, 0.25) is 0 Å². The van der Waals surface area contributed by atoms with E-state index in [9.17, 15) is 15.3 Å². The van der Waals surface area contributed by atoms with Crippen LogP contribution >= 0.6 is 0 Å². The van der Waals surface area contributed by atoms with Crippen LogP contribution in [0, 0.1) is 0 Å². The van der Waals surface area contributed by atoms with Gasteiger partial charge in [-0.2, -0.15) is 0 Å². The summed E-state index contributed by atoms with van der Waals surface area (Å²) in [4.78, 5) is 0. The monoisotopic (exact) mass is 189 g/mol. The highest BCUT2D eigenvalue weighted by molar-refractivity contribution is 5.18. The second kappa shape index (κ2) is 2.90. The molecular weight excluding hydrogens is 174 g/mol. The largest absolute Gasteiger partial charge is 0.394 e. The Labute approximate surface area is 76.0 Å². The van der Waals surface area contributed by atoms with Crippen molar-refractivity contribution in [3.63, 3.8) is 0 Å². The average molecular weight is 189 g/mol. The van der Waals surface area contributed by atoms with Crippen LogP contribution in [0.4, 0.5) is 0 Å². The van der Waals surface area contributed by atoms with Gasteiger partial charge in [-0.3, -0.25) is 0 Å². The van der Waals surface area contributed by atoms with E-state index in [-0.39, 0.29) is 5.54 Å². The molecule has 0 bridgehead atoms. The summed E-state index contributed by atoms with van der Waals surface area (Å²) >= 11 is 0. The quantitative estimate of drug-likeness (QED) is 0.333. The lowest BCUT2D eigenvalue weighted by molar-refractivity contribution is -0.0141. The molecule has 0 amide bonds. The Morgan fingerprint density at radius 1 is 1.38 bits per heavy atom. The Bertz CT molecular complexity index is 206. The van der Waals surface area contributed by atoms with Crippen molar-refractivity contribution in [2.45, 2.75) is 42.7 Å². The molecule has 2 fully saturated rings. The molecule has 5 heteroatoms. The Hall–Kier alpha value is -0.200. The van der Waals surface area contributed by atoms with Crippen molar-refractivity contribution in [3.05, 3.63) is 0 Å². The van der Waals surface area contributed by atoms with Gasteiger partial charge in [-0.05, 0) is 12.8 Å². The van der Waals surface area contributed by atoms with Crippen LogP contribution in [-0.4, -0.2) is 56.9 Å². The van der Waals surface area contributed by atoms with Crippen LogP contribution in [0.1, 0.15) is 12.8 Å². The first kappa shape index (κ1) is 9.36. The Balaban J connectivity index is 2.07. The van der Waals surface area contributed by atoms with Gasteiger partial charge < -0.3 is 25.7 Å². The minimum atomic E-state index is -1.01. The Morgan fingerprint density at radius 2 is 2.00 bits per heavy atom. The predicted molar refractivity (Wildman–Crippen MR) is 44.0 cm³/mol. The van der Waals surface area contributed by atoms with Crippen LogP contribution in [0.3, 0.4) is 0 Å². The van der Waals surface area contributed by atoms with Crippen LogP contribution in [0.15, 0.2) is 0 Å². The molecule has 1 saturated carbocycles. The minimum absolute atomic E-state index is 0.389. The molecule has 76 valence electrons. The lowest BCUT2D eigenvalue weighted by Crippen LogP contribution is -2.45. The molecular formula is C8H15NO4. The molecule has 1 aliphatic heterocycles. The van der Waals surface area contributed by atoms with Crippen molar-refractivity contribution in [1.82, 2.24) is 5.32 Å². The zero-order chi connectivity index (χ0) is 9.64. The molecule has 2 rings (SSSR count). The Morgan fingerprint density at radius 3 is 2.38 bits per heavy atom. The first-order chi connectivity index (χ1) is 6.10. The zero-order valence-electron chi connectivity index (χ0n) is 7.22. The Kier molecular flexibility index (Phi) is 2.08. The van der Waals surface area contributed by atoms with Gasteiger partial charge in [0.15, 0.2) is 0 Å². The van der Waals surface area contributed by atoms with Crippen molar-refractivity contribution in [2.24, 2.45) is 0 Å². The lowest BCUT2D eigenvalue weighted by Gasteiger charge is -2.19. The third kappa shape index (κ3) is 1.28. The van der Waals surface area contributed by atoms with Gasteiger partial charge >= 0.3 is 0 Å². The highest BCUT2D eigenvalue weighted by Crippen LogP contribution is 2.45. The van der Waals surface area contributed by atoms with E-state index in [1.165, 1.54) is 0 Å². The highest BCUT2D eigenvalue weighted by atomic mass is 16.3. The van der Waals surface area contributed by atoms with E-state index in [0.717, 1.165) is 12.8 Å². The second-order valence-electron chi connectivity index (χ2n) is 4.01. The van der Waals surface area contributed by atoms with Crippen LogP contribution in [0.25, 0.3) is 0 Å². The third-order valence-corrected chi connectivity index (χ3v) is 3.10. The van der Waals surface area contributed by atoms with Crippen molar-refractivity contribution in [3.8, 4) is 0 Å². The smallest absolute Gasteiger partial charge is 0.0996 e. The fraction of sp³-hybridized carbons (Fsp3) is 1.00. The number of hydrogen-bond donors (Lipinski definition) is 5. The van der Waals surface area contributed by atoms with Crippen molar-refractivity contribution in [2.75, 3.05) is 6.61 Å². The molecule has 0 unspecified atom stereocenters. The maximum Gasteiger partial charge on any atom is 0.0996 e. The van der Waals surface area contributed by atoms with E-state index in [0.29, 0.717) is 0 Å². The van der Waals surface area contributed by atoms with E-state index in [4.69, 9.17) is 5.11 Å². The molecule has 0 aromatic carbocycles. The molecule has 1 saturated heterocycles. The van der Waals surface area contributed by atoms with Crippen molar-refractivity contribution < 1.29 is 20.4 Å². The molecule has 1 aliphatic carbocycles. The van der Waals surface area contributed by atoms with Gasteiger partial charge in [-0.1, -0.05) is 0 Å². The molecule has 5 N–H and O–H groups in total. The number of aliphatic hydroxyl groups excluding tert-OH is 4. The number of rotatable bonds is 2. The van der Waals surface area contributed by atoms with Crippen LogP contribution in [0.5, 0.6) is 0 Å². The molecule has 0 aromatic rings. The summed E-state index contributed by atoms with van der Waals surface area (Å²) in [5.74, 6) is 0. The summed E-state index contributed by atoms with van der Waals surface area (Å²) in [5, 5.41) is 40.2. The van der Waals surface area contributed by atoms with Crippen LogP contribution in [-0.2, 0) is 0 Å². The highest BCUT2D eigenvalue weighted by Gasteiger charge is 2.60. The second-order valence-corrected chi connectivity index (χ2v) is 4.01. The topological polar surface area (TPSA) is 93.0 Å². The molecule has 1 heterocycles. The summed E-state index contributed by atoms with van der Waals surface area (Å²) in [7, 11) is 0. The zero-order valence-corrected chi connectivity index (χ0v) is 7.22. The van der Waals surface area contributed by atoms with Gasteiger partial charge in [-0.15, -0.1) is 0 Å². The summed E-state index contributed by atoms with van der Waals surface area (Å²) in [6.07, 6.45) is -1.17. The predicted octanol–water partition coefficient (Wildman–Crippen LogP) is -2.43. The fourth-order valence-electron chi connectivity index (χ4n) is 2.04. The fourth-order valence-corrected chi connectivity index (χ4v) is 2.04. The van der Waals surface area contributed by atoms with Crippen molar-refractivity contribution in [1.29, 1.82) is 0 Å².